The lowest BCUT2D eigenvalue weighted by Gasteiger charge is -2.20. The summed E-state index contributed by atoms with van der Waals surface area (Å²) in [5.74, 6) is 0.605. The Hall–Kier alpha value is -3.69. The highest BCUT2D eigenvalue weighted by Crippen LogP contribution is 2.40. The zero-order valence-corrected chi connectivity index (χ0v) is 15.7. The lowest BCUT2D eigenvalue weighted by molar-refractivity contribution is 0.0954. The van der Waals surface area contributed by atoms with E-state index in [1.807, 2.05) is 32.1 Å². The number of anilines is 1. The first-order valence-electron chi connectivity index (χ1n) is 8.36. The summed E-state index contributed by atoms with van der Waals surface area (Å²) < 4.78 is 11.4. The average molecular weight is 360 g/mol. The van der Waals surface area contributed by atoms with Crippen LogP contribution in [-0.2, 0) is 4.74 Å². The van der Waals surface area contributed by atoms with Crippen LogP contribution in [0.5, 0.6) is 5.75 Å². The molecule has 6 heteroatoms. The van der Waals surface area contributed by atoms with Gasteiger partial charge in [-0.25, -0.2) is 0 Å². The molecular weight excluding hydrogens is 340 g/mol. The molecule has 0 radical (unpaired) electrons. The fourth-order valence-corrected chi connectivity index (χ4v) is 2.67. The number of hydrogen-bond donors (Lipinski definition) is 1. The topological polar surface area (TPSA) is 116 Å². The molecule has 0 aliphatic carbocycles. The highest BCUT2D eigenvalue weighted by molar-refractivity contribution is 5.66. The first kappa shape index (κ1) is 19.6. The van der Waals surface area contributed by atoms with Gasteiger partial charge in [0.2, 0.25) is 0 Å². The summed E-state index contributed by atoms with van der Waals surface area (Å²) >= 11 is 0. The summed E-state index contributed by atoms with van der Waals surface area (Å²) in [4.78, 5) is 0. The van der Waals surface area contributed by atoms with Crippen molar-refractivity contribution in [3.8, 4) is 24.0 Å². The van der Waals surface area contributed by atoms with Crippen molar-refractivity contribution in [3.63, 3.8) is 0 Å². The Morgan fingerprint density at radius 3 is 2.41 bits per heavy atom. The van der Waals surface area contributed by atoms with Crippen molar-refractivity contribution in [2.24, 2.45) is 0 Å². The number of ether oxygens (including phenoxy) is 2. The zero-order chi connectivity index (χ0) is 20.2. The van der Waals surface area contributed by atoms with E-state index in [2.05, 4.69) is 6.07 Å². The van der Waals surface area contributed by atoms with Crippen molar-refractivity contribution in [3.05, 3.63) is 52.3 Å². The van der Waals surface area contributed by atoms with Crippen LogP contribution in [-0.4, -0.2) is 11.7 Å². The smallest absolute Gasteiger partial charge is 0.172 e. The summed E-state index contributed by atoms with van der Waals surface area (Å²) in [6.07, 6.45) is 3.55. The number of nitrogens with zero attached hydrogens (tertiary/aromatic N) is 3. The van der Waals surface area contributed by atoms with Crippen LogP contribution in [0.2, 0.25) is 0 Å². The Morgan fingerprint density at radius 1 is 1.19 bits per heavy atom. The lowest BCUT2D eigenvalue weighted by Crippen LogP contribution is -2.20. The molecule has 0 saturated heterocycles. The molecule has 2 N–H and O–H groups in total. The minimum absolute atomic E-state index is 0.00956. The largest absolute Gasteiger partial charge is 0.489 e. The predicted molar refractivity (Wildman–Crippen MR) is 102 cm³/mol. The van der Waals surface area contributed by atoms with Gasteiger partial charge in [-0.05, 0) is 45.4 Å². The molecule has 1 aliphatic heterocycles. The van der Waals surface area contributed by atoms with Gasteiger partial charge in [-0.2, -0.15) is 15.8 Å². The predicted octanol–water partition coefficient (Wildman–Crippen LogP) is 4.00. The number of nitrogens with two attached hydrogens (primary N) is 1. The fourth-order valence-electron chi connectivity index (χ4n) is 2.67. The fraction of sp³-hybridized carbons (Fsp3) is 0.286. The Morgan fingerprint density at radius 2 is 1.85 bits per heavy atom. The van der Waals surface area contributed by atoms with Gasteiger partial charge in [-0.3, -0.25) is 0 Å². The molecule has 0 saturated carbocycles. The highest BCUT2D eigenvalue weighted by atomic mass is 16.5. The molecule has 1 heterocycles. The molecule has 0 unspecified atom stereocenters. The monoisotopic (exact) mass is 360 g/mol. The van der Waals surface area contributed by atoms with Gasteiger partial charge in [0.15, 0.2) is 11.3 Å². The molecule has 1 aromatic carbocycles. The molecule has 136 valence electrons. The summed E-state index contributed by atoms with van der Waals surface area (Å²) in [5.41, 5.74) is 7.02. The van der Waals surface area contributed by atoms with Crippen LogP contribution in [0.1, 0.15) is 33.3 Å². The minimum Gasteiger partial charge on any atom is -0.489 e. The van der Waals surface area contributed by atoms with Crippen LogP contribution in [0.25, 0.3) is 6.08 Å². The first-order chi connectivity index (χ1) is 12.7. The maximum atomic E-state index is 9.54. The molecule has 27 heavy (non-hydrogen) atoms. The summed E-state index contributed by atoms with van der Waals surface area (Å²) in [7, 11) is 0. The van der Waals surface area contributed by atoms with Gasteiger partial charge in [0.05, 0.1) is 11.8 Å². The number of hydrogen-bond acceptors (Lipinski definition) is 6. The van der Waals surface area contributed by atoms with Crippen molar-refractivity contribution < 1.29 is 9.47 Å². The molecule has 1 aromatic rings. The Balaban J connectivity index is 2.50. The van der Waals surface area contributed by atoms with Gasteiger partial charge < -0.3 is 15.2 Å². The Bertz CT molecular complexity index is 961. The number of nitrogen functional groups attached to an aromatic ring is 1. The van der Waals surface area contributed by atoms with Crippen LogP contribution in [0, 0.1) is 34.0 Å². The average Bonchev–Trinajstić information content (AvgIpc) is 2.86. The highest BCUT2D eigenvalue weighted by Gasteiger charge is 2.38. The quantitative estimate of drug-likeness (QED) is 0.641. The van der Waals surface area contributed by atoms with E-state index in [1.54, 1.807) is 38.1 Å². The molecular formula is C21H20N4O2. The van der Waals surface area contributed by atoms with E-state index in [4.69, 9.17) is 25.7 Å². The second kappa shape index (κ2) is 7.68. The second-order valence-electron chi connectivity index (χ2n) is 6.74. The third kappa shape index (κ3) is 4.11. The maximum absolute atomic E-state index is 9.54. The maximum Gasteiger partial charge on any atom is 0.172 e. The van der Waals surface area contributed by atoms with Gasteiger partial charge in [-0.1, -0.05) is 18.2 Å². The lowest BCUT2D eigenvalue weighted by atomic mass is 9.94. The van der Waals surface area contributed by atoms with Gasteiger partial charge in [0.1, 0.15) is 35.1 Å². The number of benzene rings is 1. The van der Waals surface area contributed by atoms with E-state index in [9.17, 15) is 5.26 Å². The van der Waals surface area contributed by atoms with E-state index in [1.165, 1.54) is 0 Å². The standard InChI is InChI=1S/C21H20N4O2/c1-13(2)26-19-9-14(6-8-18(19)25)5-7-17-16(12-24)20(15(10-22)11-23)27-21(17,3)4/h5-9,13H,25H2,1-4H3/b7-5+. The van der Waals surface area contributed by atoms with Gasteiger partial charge in [-0.15, -0.1) is 0 Å². The van der Waals surface area contributed by atoms with Crippen molar-refractivity contribution in [1.29, 1.82) is 15.8 Å². The van der Waals surface area contributed by atoms with E-state index in [-0.39, 0.29) is 23.0 Å². The molecule has 0 aromatic heterocycles. The van der Waals surface area contributed by atoms with Crippen LogP contribution in [0.15, 0.2) is 46.8 Å². The van der Waals surface area contributed by atoms with Crippen LogP contribution < -0.4 is 10.5 Å². The summed E-state index contributed by atoms with van der Waals surface area (Å²) in [5, 5.41) is 27.8. The molecule has 0 spiro atoms. The minimum atomic E-state index is -0.846. The third-order valence-corrected chi connectivity index (χ3v) is 3.91. The number of allylic oxidation sites excluding steroid dienone is 2. The van der Waals surface area contributed by atoms with E-state index in [0.29, 0.717) is 17.0 Å². The number of rotatable bonds is 4. The van der Waals surface area contributed by atoms with Crippen molar-refractivity contribution in [1.82, 2.24) is 0 Å². The van der Waals surface area contributed by atoms with E-state index < -0.39 is 5.60 Å². The van der Waals surface area contributed by atoms with Gasteiger partial charge in [0, 0.05) is 5.57 Å². The van der Waals surface area contributed by atoms with Crippen molar-refractivity contribution >= 4 is 11.8 Å². The van der Waals surface area contributed by atoms with Crippen molar-refractivity contribution in [2.45, 2.75) is 39.4 Å². The number of nitriles is 3. The summed E-state index contributed by atoms with van der Waals surface area (Å²) in [6.45, 7) is 7.39. The van der Waals surface area contributed by atoms with Crippen molar-refractivity contribution in [2.75, 3.05) is 5.73 Å². The normalized spacial score (nSPS) is 15.3. The van der Waals surface area contributed by atoms with Crippen LogP contribution in [0.4, 0.5) is 5.69 Å². The summed E-state index contributed by atoms with van der Waals surface area (Å²) in [6, 6.07) is 11.0. The zero-order valence-electron chi connectivity index (χ0n) is 15.7. The Labute approximate surface area is 159 Å². The van der Waals surface area contributed by atoms with Crippen LogP contribution >= 0.6 is 0 Å². The van der Waals surface area contributed by atoms with Gasteiger partial charge in [0.25, 0.3) is 0 Å². The molecule has 0 atom stereocenters. The first-order valence-corrected chi connectivity index (χ1v) is 8.36. The van der Waals surface area contributed by atoms with E-state index >= 15 is 0 Å². The van der Waals surface area contributed by atoms with E-state index in [0.717, 1.165) is 5.56 Å². The molecule has 6 nitrogen and oxygen atoms in total. The third-order valence-electron chi connectivity index (χ3n) is 3.91. The molecule has 2 rings (SSSR count). The molecule has 0 fully saturated rings. The molecule has 1 aliphatic rings. The Kier molecular flexibility index (Phi) is 5.59. The second-order valence-corrected chi connectivity index (χ2v) is 6.74. The van der Waals surface area contributed by atoms with Crippen LogP contribution in [0.3, 0.4) is 0 Å². The molecule has 0 amide bonds. The van der Waals surface area contributed by atoms with Gasteiger partial charge >= 0.3 is 0 Å². The SMILES string of the molecule is CC(C)Oc1cc(/C=C/C2=C(C#N)C(=C(C#N)C#N)OC2(C)C)ccc1N. The molecule has 0 bridgehead atoms.